The number of nitrogens with zero attached hydrogens (tertiary/aromatic N) is 2. The second-order valence-electron chi connectivity index (χ2n) is 4.62. The van der Waals surface area contributed by atoms with E-state index in [2.05, 4.69) is 10.2 Å². The molecule has 0 N–H and O–H groups in total. The van der Waals surface area contributed by atoms with Crippen LogP contribution in [0.25, 0.3) is 11.5 Å². The Balaban J connectivity index is 1.80. The maximum absolute atomic E-state index is 6.10. The van der Waals surface area contributed by atoms with Crippen LogP contribution in [-0.2, 0) is 0 Å². The Labute approximate surface area is 137 Å². The van der Waals surface area contributed by atoms with E-state index in [1.807, 2.05) is 30.3 Å². The zero-order valence-corrected chi connectivity index (χ0v) is 13.2. The topological polar surface area (TPSA) is 48.2 Å². The summed E-state index contributed by atoms with van der Waals surface area (Å²) in [5.41, 5.74) is 0.856. The lowest BCUT2D eigenvalue weighted by atomic mass is 10.2. The lowest BCUT2D eigenvalue weighted by Crippen LogP contribution is -2.04. The van der Waals surface area contributed by atoms with Gasteiger partial charge in [0, 0.05) is 5.56 Å². The summed E-state index contributed by atoms with van der Waals surface area (Å²) in [6, 6.07) is 14.7. The van der Waals surface area contributed by atoms with Crippen LogP contribution in [-0.4, -0.2) is 10.2 Å². The van der Waals surface area contributed by atoms with Crippen molar-refractivity contribution in [1.29, 1.82) is 0 Å². The van der Waals surface area contributed by atoms with Gasteiger partial charge in [0.25, 0.3) is 5.89 Å². The number of hydrogen-bond acceptors (Lipinski definition) is 4. The summed E-state index contributed by atoms with van der Waals surface area (Å²) in [5.74, 6) is 1.29. The first kappa shape index (κ1) is 14.9. The molecule has 1 aromatic heterocycles. The molecule has 3 aromatic rings. The molecule has 3 rings (SSSR count). The lowest BCUT2D eigenvalue weighted by molar-refractivity contribution is 0.190. The molecule has 0 radical (unpaired) electrons. The molecule has 0 amide bonds. The molecule has 0 saturated heterocycles. The summed E-state index contributed by atoms with van der Waals surface area (Å²) in [4.78, 5) is 0. The summed E-state index contributed by atoms with van der Waals surface area (Å²) >= 11 is 12.1. The maximum Gasteiger partial charge on any atom is 0.257 e. The Bertz CT molecular complexity index is 775. The van der Waals surface area contributed by atoms with Gasteiger partial charge in [-0.05, 0) is 31.2 Å². The van der Waals surface area contributed by atoms with Crippen molar-refractivity contribution in [2.45, 2.75) is 13.0 Å². The predicted molar refractivity (Wildman–Crippen MR) is 85.2 cm³/mol. The van der Waals surface area contributed by atoms with Crippen LogP contribution >= 0.6 is 23.2 Å². The molecule has 2 aromatic carbocycles. The summed E-state index contributed by atoms with van der Waals surface area (Å²) < 4.78 is 11.4. The van der Waals surface area contributed by atoms with Gasteiger partial charge in [-0.15, -0.1) is 10.2 Å². The van der Waals surface area contributed by atoms with Crippen molar-refractivity contribution in [2.75, 3.05) is 0 Å². The third-order valence-electron chi connectivity index (χ3n) is 3.03. The molecular weight excluding hydrogens is 323 g/mol. The van der Waals surface area contributed by atoms with Gasteiger partial charge in [0.15, 0.2) is 6.10 Å². The fourth-order valence-corrected chi connectivity index (χ4v) is 2.25. The van der Waals surface area contributed by atoms with Gasteiger partial charge in [-0.1, -0.05) is 47.5 Å². The molecule has 0 aliphatic heterocycles. The summed E-state index contributed by atoms with van der Waals surface area (Å²) in [6.07, 6.45) is -0.444. The fourth-order valence-electron chi connectivity index (χ4n) is 1.91. The molecule has 22 heavy (non-hydrogen) atoms. The zero-order chi connectivity index (χ0) is 15.5. The molecule has 1 heterocycles. The lowest BCUT2D eigenvalue weighted by Gasteiger charge is -2.12. The van der Waals surface area contributed by atoms with E-state index in [4.69, 9.17) is 32.4 Å². The van der Waals surface area contributed by atoms with Crippen molar-refractivity contribution in [3.63, 3.8) is 0 Å². The number of rotatable bonds is 4. The highest BCUT2D eigenvalue weighted by atomic mass is 35.5. The van der Waals surface area contributed by atoms with Crippen molar-refractivity contribution < 1.29 is 9.15 Å². The van der Waals surface area contributed by atoms with Crippen molar-refractivity contribution in [3.05, 3.63) is 64.5 Å². The van der Waals surface area contributed by atoms with Gasteiger partial charge in [0.05, 0.1) is 5.02 Å². The molecule has 0 fully saturated rings. The van der Waals surface area contributed by atoms with Gasteiger partial charge in [-0.25, -0.2) is 0 Å². The smallest absolute Gasteiger partial charge is 0.257 e. The van der Waals surface area contributed by atoms with Crippen LogP contribution in [0.5, 0.6) is 5.75 Å². The predicted octanol–water partition coefficient (Wildman–Crippen LogP) is 5.18. The fraction of sp³-hybridized carbons (Fsp3) is 0.125. The van der Waals surface area contributed by atoms with Crippen LogP contribution in [0.4, 0.5) is 0 Å². The molecule has 0 aliphatic rings. The molecule has 0 spiro atoms. The molecule has 0 aliphatic carbocycles. The molecular formula is C16H12Cl2N2O2. The minimum atomic E-state index is -0.444. The standard InChI is InChI=1S/C16H12Cl2N2O2/c1-10(21-13-9-5-8-12(17)14(13)18)15-19-20-16(22-15)11-6-3-2-4-7-11/h2-10H,1H3/t10-/m1/s1. The van der Waals surface area contributed by atoms with Crippen molar-refractivity contribution in [2.24, 2.45) is 0 Å². The zero-order valence-electron chi connectivity index (χ0n) is 11.7. The van der Waals surface area contributed by atoms with Gasteiger partial charge < -0.3 is 9.15 Å². The van der Waals surface area contributed by atoms with E-state index in [1.165, 1.54) is 0 Å². The largest absolute Gasteiger partial charge is 0.479 e. The quantitative estimate of drug-likeness (QED) is 0.659. The number of aromatic nitrogens is 2. The highest BCUT2D eigenvalue weighted by Gasteiger charge is 2.18. The van der Waals surface area contributed by atoms with Crippen LogP contribution in [0, 0.1) is 0 Å². The third-order valence-corrected chi connectivity index (χ3v) is 3.83. The first-order valence-corrected chi connectivity index (χ1v) is 7.40. The van der Waals surface area contributed by atoms with Crippen LogP contribution < -0.4 is 4.74 Å². The third kappa shape index (κ3) is 3.08. The first-order chi connectivity index (χ1) is 10.6. The van der Waals surface area contributed by atoms with Crippen LogP contribution in [0.2, 0.25) is 10.0 Å². The highest BCUT2D eigenvalue weighted by molar-refractivity contribution is 6.42. The molecule has 0 bridgehead atoms. The van der Waals surface area contributed by atoms with Gasteiger partial charge in [0.2, 0.25) is 5.89 Å². The summed E-state index contributed by atoms with van der Waals surface area (Å²) in [6.45, 7) is 1.81. The second kappa shape index (κ2) is 6.38. The van der Waals surface area contributed by atoms with Gasteiger partial charge in [0.1, 0.15) is 10.8 Å². The number of benzene rings is 2. The van der Waals surface area contributed by atoms with E-state index in [9.17, 15) is 0 Å². The van der Waals surface area contributed by atoms with E-state index in [0.717, 1.165) is 5.56 Å². The van der Waals surface area contributed by atoms with Crippen molar-refractivity contribution in [1.82, 2.24) is 10.2 Å². The Morgan fingerprint density at radius 2 is 1.77 bits per heavy atom. The number of halogens is 2. The second-order valence-corrected chi connectivity index (χ2v) is 5.41. The van der Waals surface area contributed by atoms with Gasteiger partial charge in [-0.2, -0.15) is 0 Å². The molecule has 4 nitrogen and oxygen atoms in total. The van der Waals surface area contributed by atoms with E-state index in [0.29, 0.717) is 27.6 Å². The molecule has 1 atom stereocenters. The van der Waals surface area contributed by atoms with E-state index in [1.54, 1.807) is 25.1 Å². The molecule has 112 valence electrons. The average molecular weight is 335 g/mol. The molecule has 0 unspecified atom stereocenters. The van der Waals surface area contributed by atoms with E-state index < -0.39 is 6.10 Å². The number of ether oxygens (including phenoxy) is 1. The minimum Gasteiger partial charge on any atom is -0.479 e. The molecule has 0 saturated carbocycles. The van der Waals surface area contributed by atoms with Crippen molar-refractivity contribution >= 4 is 23.2 Å². The van der Waals surface area contributed by atoms with E-state index >= 15 is 0 Å². The Kier molecular flexibility index (Phi) is 4.32. The normalized spacial score (nSPS) is 12.1. The van der Waals surface area contributed by atoms with Gasteiger partial charge >= 0.3 is 0 Å². The molecule has 6 heteroatoms. The van der Waals surface area contributed by atoms with Crippen LogP contribution in [0.1, 0.15) is 18.9 Å². The Hall–Kier alpha value is -2.04. The number of hydrogen-bond donors (Lipinski definition) is 0. The van der Waals surface area contributed by atoms with Crippen LogP contribution in [0.15, 0.2) is 52.9 Å². The highest BCUT2D eigenvalue weighted by Crippen LogP contribution is 2.34. The minimum absolute atomic E-state index is 0.360. The Morgan fingerprint density at radius 1 is 1.00 bits per heavy atom. The Morgan fingerprint density at radius 3 is 2.55 bits per heavy atom. The van der Waals surface area contributed by atoms with Crippen LogP contribution in [0.3, 0.4) is 0 Å². The maximum atomic E-state index is 6.10. The van der Waals surface area contributed by atoms with Crippen molar-refractivity contribution in [3.8, 4) is 17.2 Å². The monoisotopic (exact) mass is 334 g/mol. The first-order valence-electron chi connectivity index (χ1n) is 6.64. The summed E-state index contributed by atoms with van der Waals surface area (Å²) in [5, 5.41) is 8.85. The van der Waals surface area contributed by atoms with E-state index in [-0.39, 0.29) is 0 Å². The summed E-state index contributed by atoms with van der Waals surface area (Å²) in [7, 11) is 0. The SMILES string of the molecule is C[C@@H](Oc1cccc(Cl)c1Cl)c1nnc(-c2ccccc2)o1. The average Bonchev–Trinajstić information content (AvgIpc) is 3.03. The van der Waals surface area contributed by atoms with Gasteiger partial charge in [-0.3, -0.25) is 0 Å².